The maximum absolute atomic E-state index is 8.38. The highest BCUT2D eigenvalue weighted by Crippen LogP contribution is 2.26. The molecular weight excluding hydrogens is 226 g/mol. The summed E-state index contributed by atoms with van der Waals surface area (Å²) in [4.78, 5) is 4.19. The molecule has 0 bridgehead atoms. The molecule has 0 aromatic carbocycles. The molecule has 76 valence electrons. The molecule has 3 nitrogen and oxygen atoms in total. The van der Waals surface area contributed by atoms with Crippen LogP contribution < -0.4 is 0 Å². The van der Waals surface area contributed by atoms with Gasteiger partial charge in [-0.15, -0.1) is 11.3 Å². The third-order valence-corrected chi connectivity index (χ3v) is 3.81. The quantitative estimate of drug-likeness (QED) is 0.424. The Labute approximate surface area is 95.6 Å². The summed E-state index contributed by atoms with van der Waals surface area (Å²) in [6.07, 6.45) is 1.96. The number of hydrogen-bond donors (Lipinski definition) is 0. The summed E-state index contributed by atoms with van der Waals surface area (Å²) in [5.41, 5.74) is 10.3. The lowest BCUT2D eigenvalue weighted by molar-refractivity contribution is 0.986. The summed E-state index contributed by atoms with van der Waals surface area (Å²) in [7, 11) is 0. The van der Waals surface area contributed by atoms with E-state index in [1.54, 1.807) is 22.7 Å². The highest BCUT2D eigenvalue weighted by molar-refractivity contribution is 7.10. The predicted octanol–water partition coefficient (Wildman–Crippen LogP) is 4.54. The van der Waals surface area contributed by atoms with Crippen molar-refractivity contribution in [1.82, 2.24) is 0 Å². The van der Waals surface area contributed by atoms with Crippen LogP contribution in [-0.2, 0) is 12.8 Å². The van der Waals surface area contributed by atoms with E-state index in [2.05, 4.69) is 32.9 Å². The Kier molecular flexibility index (Phi) is 3.40. The van der Waals surface area contributed by atoms with E-state index in [1.807, 2.05) is 5.38 Å². The standard InChI is InChI=1S/C10H9N3S2/c11-13-12-10-7-14-6-8(10)3-4-9-2-1-5-15-9/h1-2,5-7H,3-4H2. The average Bonchev–Trinajstić information content (AvgIpc) is 2.85. The number of azide groups is 1. The van der Waals surface area contributed by atoms with E-state index in [1.165, 1.54) is 4.88 Å². The number of hydrogen-bond acceptors (Lipinski definition) is 3. The Bertz CT molecular complexity index is 467. The van der Waals surface area contributed by atoms with Gasteiger partial charge in [0, 0.05) is 15.2 Å². The normalized spacial score (nSPS) is 9.87. The first kappa shape index (κ1) is 10.2. The van der Waals surface area contributed by atoms with Gasteiger partial charge >= 0.3 is 0 Å². The molecule has 0 aliphatic heterocycles. The highest BCUT2D eigenvalue weighted by atomic mass is 32.1. The van der Waals surface area contributed by atoms with Gasteiger partial charge in [-0.3, -0.25) is 0 Å². The number of thiophene rings is 2. The van der Waals surface area contributed by atoms with Gasteiger partial charge in [0.15, 0.2) is 0 Å². The van der Waals surface area contributed by atoms with Crippen LogP contribution >= 0.6 is 22.7 Å². The maximum atomic E-state index is 8.38. The van der Waals surface area contributed by atoms with Gasteiger partial charge in [-0.1, -0.05) is 11.2 Å². The zero-order valence-corrected chi connectivity index (χ0v) is 9.59. The molecule has 2 heterocycles. The van der Waals surface area contributed by atoms with Crippen molar-refractivity contribution in [2.24, 2.45) is 5.11 Å². The Hall–Kier alpha value is -1.29. The lowest BCUT2D eigenvalue weighted by atomic mass is 10.1. The number of nitrogens with zero attached hydrogens (tertiary/aromatic N) is 3. The summed E-state index contributed by atoms with van der Waals surface area (Å²) in [6, 6.07) is 4.19. The van der Waals surface area contributed by atoms with Crippen LogP contribution in [0.4, 0.5) is 5.69 Å². The molecule has 0 fully saturated rings. The van der Waals surface area contributed by atoms with E-state index >= 15 is 0 Å². The smallest absolute Gasteiger partial charge is 0.0514 e. The molecule has 2 rings (SSSR count). The van der Waals surface area contributed by atoms with Gasteiger partial charge in [-0.2, -0.15) is 11.3 Å². The minimum absolute atomic E-state index is 0.777. The molecule has 0 atom stereocenters. The molecule has 5 heteroatoms. The van der Waals surface area contributed by atoms with Crippen molar-refractivity contribution in [3.05, 3.63) is 49.2 Å². The fraction of sp³-hybridized carbons (Fsp3) is 0.200. The van der Waals surface area contributed by atoms with Crippen LogP contribution in [0.25, 0.3) is 10.4 Å². The zero-order chi connectivity index (χ0) is 10.5. The van der Waals surface area contributed by atoms with Gasteiger partial charge in [-0.25, -0.2) is 0 Å². The Morgan fingerprint density at radius 2 is 2.27 bits per heavy atom. The van der Waals surface area contributed by atoms with E-state index in [-0.39, 0.29) is 0 Å². The molecule has 0 spiro atoms. The van der Waals surface area contributed by atoms with Gasteiger partial charge < -0.3 is 0 Å². The Morgan fingerprint density at radius 3 is 3.00 bits per heavy atom. The molecule has 15 heavy (non-hydrogen) atoms. The van der Waals surface area contributed by atoms with E-state index in [0.717, 1.165) is 24.1 Å². The fourth-order valence-corrected chi connectivity index (χ4v) is 2.86. The first-order chi connectivity index (χ1) is 7.40. The van der Waals surface area contributed by atoms with Crippen molar-refractivity contribution < 1.29 is 0 Å². The Balaban J connectivity index is 2.04. The third-order valence-electron chi connectivity index (χ3n) is 2.09. The minimum atomic E-state index is 0.777. The van der Waals surface area contributed by atoms with Crippen molar-refractivity contribution in [2.45, 2.75) is 12.8 Å². The maximum Gasteiger partial charge on any atom is 0.0514 e. The van der Waals surface area contributed by atoms with Crippen LogP contribution in [0, 0.1) is 0 Å². The lowest BCUT2D eigenvalue weighted by Gasteiger charge is -1.97. The van der Waals surface area contributed by atoms with Gasteiger partial charge in [0.1, 0.15) is 0 Å². The van der Waals surface area contributed by atoms with E-state index in [4.69, 9.17) is 5.53 Å². The molecule has 2 aromatic heterocycles. The monoisotopic (exact) mass is 235 g/mol. The topological polar surface area (TPSA) is 48.8 Å². The Morgan fingerprint density at radius 1 is 1.33 bits per heavy atom. The van der Waals surface area contributed by atoms with Gasteiger partial charge in [0.2, 0.25) is 0 Å². The molecule has 2 aromatic rings. The fourth-order valence-electron chi connectivity index (χ4n) is 1.35. The average molecular weight is 235 g/mol. The van der Waals surface area contributed by atoms with Gasteiger partial charge in [0.05, 0.1) is 5.69 Å². The van der Waals surface area contributed by atoms with Gasteiger partial charge in [-0.05, 0) is 40.8 Å². The van der Waals surface area contributed by atoms with Crippen molar-refractivity contribution >= 4 is 28.4 Å². The highest BCUT2D eigenvalue weighted by Gasteiger charge is 2.02. The summed E-state index contributed by atoms with van der Waals surface area (Å²) in [6.45, 7) is 0. The minimum Gasteiger partial charge on any atom is -0.152 e. The number of aryl methyl sites for hydroxylation is 2. The zero-order valence-electron chi connectivity index (χ0n) is 7.96. The van der Waals surface area contributed by atoms with Crippen molar-refractivity contribution in [2.75, 3.05) is 0 Å². The summed E-state index contributed by atoms with van der Waals surface area (Å²) in [5, 5.41) is 9.69. The van der Waals surface area contributed by atoms with Crippen molar-refractivity contribution in [1.29, 1.82) is 0 Å². The second-order valence-electron chi connectivity index (χ2n) is 3.05. The molecule has 0 saturated carbocycles. The first-order valence-corrected chi connectivity index (χ1v) is 6.35. The van der Waals surface area contributed by atoms with E-state index in [0.29, 0.717) is 0 Å². The van der Waals surface area contributed by atoms with Crippen molar-refractivity contribution in [3.63, 3.8) is 0 Å². The molecule has 0 saturated heterocycles. The van der Waals surface area contributed by atoms with Crippen LogP contribution in [0.15, 0.2) is 33.4 Å². The van der Waals surface area contributed by atoms with Crippen molar-refractivity contribution in [3.8, 4) is 0 Å². The van der Waals surface area contributed by atoms with Crippen LogP contribution in [-0.4, -0.2) is 0 Å². The second-order valence-corrected chi connectivity index (χ2v) is 4.83. The SMILES string of the molecule is [N-]=[N+]=Nc1cscc1CCc1cccs1. The molecule has 0 radical (unpaired) electrons. The molecule has 0 aliphatic carbocycles. The molecule has 0 unspecified atom stereocenters. The van der Waals surface area contributed by atoms with Crippen LogP contribution in [0.3, 0.4) is 0 Å². The van der Waals surface area contributed by atoms with Crippen LogP contribution in [0.1, 0.15) is 10.4 Å². The second kappa shape index (κ2) is 4.98. The molecule has 0 N–H and O–H groups in total. The van der Waals surface area contributed by atoms with Gasteiger partial charge in [0.25, 0.3) is 0 Å². The first-order valence-electron chi connectivity index (χ1n) is 4.52. The molecule has 0 amide bonds. The lowest BCUT2D eigenvalue weighted by Crippen LogP contribution is -1.85. The molecule has 0 aliphatic rings. The largest absolute Gasteiger partial charge is 0.152 e. The van der Waals surface area contributed by atoms with E-state index in [9.17, 15) is 0 Å². The molecular formula is C10H9N3S2. The number of rotatable bonds is 4. The van der Waals surface area contributed by atoms with Crippen LogP contribution in [0.2, 0.25) is 0 Å². The van der Waals surface area contributed by atoms with Crippen LogP contribution in [0.5, 0.6) is 0 Å². The summed E-state index contributed by atoms with van der Waals surface area (Å²) >= 11 is 3.35. The van der Waals surface area contributed by atoms with E-state index < -0.39 is 0 Å². The third kappa shape index (κ3) is 2.59. The summed E-state index contributed by atoms with van der Waals surface area (Å²) in [5.74, 6) is 0. The predicted molar refractivity (Wildman–Crippen MR) is 64.9 cm³/mol. The summed E-state index contributed by atoms with van der Waals surface area (Å²) < 4.78 is 0.